The van der Waals surface area contributed by atoms with E-state index in [-0.39, 0.29) is 23.9 Å². The Bertz CT molecular complexity index is 2020. The molecule has 2 aliphatic heterocycles. The van der Waals surface area contributed by atoms with Crippen LogP contribution in [0.4, 0.5) is 0 Å². The standard InChI is InChI=1S/C39H41Cl2N5O6/c1-39(38(48)49)20-46(21-39)19-23-16-30(40)37(45-36(23)51-3)52-32-14-12-26-25(6-4-7-27(26)32)28-8-5-9-29(34(28)41)31-13-10-22(35(44-31)50-2)17-42-18-24-11-15-33(47)43-24/h4-10,13,16,24,32,42H,11-12,14-15,17-21H2,1-3H3,(H,43,47)(H,48,49)/t24-,32-/m0/s1. The van der Waals surface area contributed by atoms with Gasteiger partial charge in [-0.05, 0) is 55.0 Å². The van der Waals surface area contributed by atoms with Gasteiger partial charge < -0.3 is 30.0 Å². The molecule has 2 fully saturated rings. The van der Waals surface area contributed by atoms with Crippen LogP contribution in [0.5, 0.6) is 17.6 Å². The third kappa shape index (κ3) is 7.15. The van der Waals surface area contributed by atoms with E-state index in [1.165, 1.54) is 0 Å². The summed E-state index contributed by atoms with van der Waals surface area (Å²) < 4.78 is 17.7. The van der Waals surface area contributed by atoms with Crippen LogP contribution in [-0.2, 0) is 29.1 Å². The summed E-state index contributed by atoms with van der Waals surface area (Å²) in [6.07, 6.45) is 2.64. The van der Waals surface area contributed by atoms with E-state index >= 15 is 0 Å². The molecule has 272 valence electrons. The molecule has 1 aliphatic carbocycles. The number of fused-ring (bicyclic) bond motifs is 1. The van der Waals surface area contributed by atoms with Crippen molar-refractivity contribution >= 4 is 35.1 Å². The molecule has 0 bridgehead atoms. The summed E-state index contributed by atoms with van der Waals surface area (Å²) in [5.74, 6) is 0.496. The number of likely N-dealkylation sites (tertiary alicyclic amines) is 1. The summed E-state index contributed by atoms with van der Waals surface area (Å²) in [5, 5.41) is 16.8. The second kappa shape index (κ2) is 14.9. The molecule has 0 spiro atoms. The average molecular weight is 747 g/mol. The lowest BCUT2D eigenvalue weighted by atomic mass is 9.82. The van der Waals surface area contributed by atoms with Gasteiger partial charge in [0.1, 0.15) is 11.1 Å². The van der Waals surface area contributed by atoms with Crippen LogP contribution in [-0.4, -0.2) is 71.7 Å². The fraction of sp³-hybridized carbons (Fsp3) is 0.385. The fourth-order valence-electron chi connectivity index (χ4n) is 7.50. The van der Waals surface area contributed by atoms with Crippen LogP contribution in [0, 0.1) is 5.41 Å². The Hall–Kier alpha value is -4.42. The summed E-state index contributed by atoms with van der Waals surface area (Å²) >= 11 is 13.9. The second-order valence-electron chi connectivity index (χ2n) is 13.9. The van der Waals surface area contributed by atoms with E-state index in [0.717, 1.165) is 58.2 Å². The number of aromatic nitrogens is 2. The first kappa shape index (κ1) is 36.0. The van der Waals surface area contributed by atoms with Crippen LogP contribution in [0.15, 0.2) is 54.6 Å². The summed E-state index contributed by atoms with van der Waals surface area (Å²) in [7, 11) is 3.16. The van der Waals surface area contributed by atoms with Gasteiger partial charge in [0.25, 0.3) is 0 Å². The van der Waals surface area contributed by atoms with Crippen molar-refractivity contribution in [2.24, 2.45) is 5.41 Å². The number of carboxylic acids is 1. The number of hydrogen-bond donors (Lipinski definition) is 3. The molecule has 52 heavy (non-hydrogen) atoms. The minimum absolute atomic E-state index is 0.0986. The SMILES string of the molecule is COc1nc(-c2cccc(-c3cccc4c3CC[C@@H]4Oc3nc(OC)c(CN4CC(C)(C(=O)O)C4)cc3Cl)c2Cl)ccc1CNC[C@@H]1CCC(=O)N1. The first-order valence-electron chi connectivity index (χ1n) is 17.4. The Labute approximate surface area is 312 Å². The van der Waals surface area contributed by atoms with Gasteiger partial charge in [-0.25, -0.2) is 4.98 Å². The van der Waals surface area contributed by atoms with Gasteiger partial charge >= 0.3 is 5.97 Å². The predicted molar refractivity (Wildman–Crippen MR) is 198 cm³/mol. The highest BCUT2D eigenvalue weighted by Crippen LogP contribution is 2.45. The van der Waals surface area contributed by atoms with Crippen LogP contribution in [0.25, 0.3) is 22.4 Å². The van der Waals surface area contributed by atoms with E-state index in [4.69, 9.17) is 42.4 Å². The largest absolute Gasteiger partial charge is 0.481 e. The molecule has 2 aromatic heterocycles. The van der Waals surface area contributed by atoms with Crippen molar-refractivity contribution in [3.05, 3.63) is 86.9 Å². The molecule has 0 unspecified atom stereocenters. The molecule has 1 amide bonds. The minimum Gasteiger partial charge on any atom is -0.481 e. The van der Waals surface area contributed by atoms with Gasteiger partial charge in [-0.15, -0.1) is 0 Å². The maximum absolute atomic E-state index is 11.5. The summed E-state index contributed by atoms with van der Waals surface area (Å²) in [5.41, 5.74) is 6.54. The van der Waals surface area contributed by atoms with E-state index < -0.39 is 11.4 Å². The number of aliphatic carboxylic acids is 1. The van der Waals surface area contributed by atoms with Crippen LogP contribution in [0.1, 0.15) is 54.5 Å². The molecule has 7 rings (SSSR count). The van der Waals surface area contributed by atoms with E-state index in [1.807, 2.05) is 41.3 Å². The molecular formula is C39H41Cl2N5O6. The number of nitrogens with one attached hydrogen (secondary N) is 2. The number of benzene rings is 2. The first-order chi connectivity index (χ1) is 25.1. The van der Waals surface area contributed by atoms with Gasteiger partial charge in [0.15, 0.2) is 0 Å². The van der Waals surface area contributed by atoms with Crippen molar-refractivity contribution in [1.82, 2.24) is 25.5 Å². The molecule has 13 heteroatoms. The minimum atomic E-state index is -0.799. The zero-order valence-corrected chi connectivity index (χ0v) is 30.8. The maximum atomic E-state index is 11.5. The number of carbonyl (C=O) groups excluding carboxylic acids is 1. The molecule has 0 saturated carbocycles. The van der Waals surface area contributed by atoms with E-state index in [0.29, 0.717) is 66.6 Å². The highest BCUT2D eigenvalue weighted by Gasteiger charge is 2.45. The van der Waals surface area contributed by atoms with E-state index in [9.17, 15) is 14.7 Å². The molecule has 3 N–H and O–H groups in total. The number of methoxy groups -OCH3 is 2. The molecule has 2 aromatic carbocycles. The zero-order valence-electron chi connectivity index (χ0n) is 29.3. The van der Waals surface area contributed by atoms with Crippen molar-refractivity contribution in [2.45, 2.75) is 57.8 Å². The predicted octanol–water partition coefficient (Wildman–Crippen LogP) is 6.48. The second-order valence-corrected chi connectivity index (χ2v) is 14.7. The Morgan fingerprint density at radius 1 is 0.962 bits per heavy atom. The Balaban J connectivity index is 1.08. The lowest BCUT2D eigenvalue weighted by Gasteiger charge is -2.45. The van der Waals surface area contributed by atoms with Crippen LogP contribution in [0.2, 0.25) is 10.0 Å². The van der Waals surface area contributed by atoms with Gasteiger partial charge in [-0.3, -0.25) is 14.5 Å². The molecule has 4 aromatic rings. The lowest BCUT2D eigenvalue weighted by molar-refractivity contribution is -0.159. The third-order valence-corrected chi connectivity index (χ3v) is 10.9. The number of hydrogen-bond acceptors (Lipinski definition) is 9. The van der Waals surface area contributed by atoms with Gasteiger partial charge in [-0.2, -0.15) is 4.98 Å². The van der Waals surface area contributed by atoms with E-state index in [1.54, 1.807) is 27.2 Å². The van der Waals surface area contributed by atoms with Crippen LogP contribution < -0.4 is 24.8 Å². The molecule has 2 atom stereocenters. The van der Waals surface area contributed by atoms with Gasteiger partial charge in [0.05, 0.1) is 30.4 Å². The van der Waals surface area contributed by atoms with Gasteiger partial charge in [0, 0.05) is 67.4 Å². The number of ether oxygens (including phenoxy) is 3. The number of amides is 1. The molecular weight excluding hydrogens is 705 g/mol. The van der Waals surface area contributed by atoms with Crippen molar-refractivity contribution < 1.29 is 28.9 Å². The number of rotatable bonds is 13. The summed E-state index contributed by atoms with van der Waals surface area (Å²) in [6, 6.07) is 18.0. The van der Waals surface area contributed by atoms with Crippen LogP contribution in [0.3, 0.4) is 0 Å². The van der Waals surface area contributed by atoms with Crippen molar-refractivity contribution in [1.29, 1.82) is 0 Å². The van der Waals surface area contributed by atoms with Crippen LogP contribution >= 0.6 is 23.2 Å². The van der Waals surface area contributed by atoms with E-state index in [2.05, 4.69) is 27.8 Å². The average Bonchev–Trinajstić information content (AvgIpc) is 3.74. The molecule has 2 saturated heterocycles. The smallest absolute Gasteiger partial charge is 0.311 e. The number of halogens is 2. The van der Waals surface area contributed by atoms with Crippen molar-refractivity contribution in [3.8, 4) is 40.0 Å². The first-order valence-corrected chi connectivity index (χ1v) is 18.1. The number of carbonyl (C=O) groups is 2. The zero-order chi connectivity index (χ0) is 36.6. The quantitative estimate of drug-likeness (QED) is 0.140. The summed E-state index contributed by atoms with van der Waals surface area (Å²) in [4.78, 5) is 34.6. The third-order valence-electron chi connectivity index (χ3n) is 10.2. The fourth-order valence-corrected chi connectivity index (χ4v) is 8.04. The Morgan fingerprint density at radius 2 is 1.69 bits per heavy atom. The Kier molecular flexibility index (Phi) is 10.3. The highest BCUT2D eigenvalue weighted by atomic mass is 35.5. The van der Waals surface area contributed by atoms with Gasteiger partial charge in [-0.1, -0.05) is 65.7 Å². The molecule has 0 radical (unpaired) electrons. The summed E-state index contributed by atoms with van der Waals surface area (Å²) in [6.45, 7) is 4.33. The Morgan fingerprint density at radius 3 is 2.42 bits per heavy atom. The lowest BCUT2D eigenvalue weighted by Crippen LogP contribution is -2.58. The highest BCUT2D eigenvalue weighted by molar-refractivity contribution is 6.36. The molecule has 3 aliphatic rings. The monoisotopic (exact) mass is 745 g/mol. The maximum Gasteiger partial charge on any atom is 0.311 e. The number of carboxylic acid groups (broad SMARTS) is 1. The van der Waals surface area contributed by atoms with Gasteiger partial charge in [0.2, 0.25) is 23.5 Å². The molecule has 4 heterocycles. The number of pyridine rings is 2. The van der Waals surface area contributed by atoms with Crippen molar-refractivity contribution in [3.63, 3.8) is 0 Å². The van der Waals surface area contributed by atoms with Crippen molar-refractivity contribution in [2.75, 3.05) is 33.9 Å². The molecule has 11 nitrogen and oxygen atoms in total. The normalized spacial score (nSPS) is 19.1. The topological polar surface area (TPSA) is 135 Å². The number of nitrogens with zero attached hydrogens (tertiary/aromatic N) is 3.